The quantitative estimate of drug-likeness (QED) is 0.821. The number of carbonyl (C=O) groups is 1. The van der Waals surface area contributed by atoms with Crippen LogP contribution in [0.3, 0.4) is 0 Å². The third kappa shape index (κ3) is 2.14. The molecule has 0 unspecified atom stereocenters. The van der Waals surface area contributed by atoms with E-state index in [-0.39, 0.29) is 5.91 Å². The van der Waals surface area contributed by atoms with Crippen molar-refractivity contribution in [3.05, 3.63) is 40.2 Å². The summed E-state index contributed by atoms with van der Waals surface area (Å²) in [5.74, 6) is 0.252. The monoisotopic (exact) mass is 236 g/mol. The van der Waals surface area contributed by atoms with Crippen molar-refractivity contribution < 1.29 is 9.21 Å². The lowest BCUT2D eigenvalue weighted by atomic mass is 10.3. The lowest BCUT2D eigenvalue weighted by Gasteiger charge is -2.14. The van der Waals surface area contributed by atoms with Crippen molar-refractivity contribution in [2.24, 2.45) is 0 Å². The Morgan fingerprint density at radius 3 is 3.00 bits per heavy atom. The number of carbonyl (C=O) groups excluding carboxylic acids is 1. The van der Waals surface area contributed by atoms with Crippen LogP contribution in [0.25, 0.3) is 0 Å². The number of aromatic nitrogens is 1. The van der Waals surface area contributed by atoms with Gasteiger partial charge in [0.2, 0.25) is 0 Å². The molecule has 0 aliphatic carbocycles. The molecule has 0 aliphatic rings. The van der Waals surface area contributed by atoms with Gasteiger partial charge in [-0.3, -0.25) is 4.79 Å². The summed E-state index contributed by atoms with van der Waals surface area (Å²) in [4.78, 5) is 18.7. The van der Waals surface area contributed by atoms with Gasteiger partial charge in [0.25, 0.3) is 5.91 Å². The van der Waals surface area contributed by atoms with Gasteiger partial charge in [0.1, 0.15) is 0 Å². The molecule has 0 bridgehead atoms. The zero-order valence-corrected chi connectivity index (χ0v) is 9.95. The highest BCUT2D eigenvalue weighted by atomic mass is 32.1. The molecule has 0 N–H and O–H groups in total. The zero-order chi connectivity index (χ0) is 11.5. The molecular formula is C11H12N2O2S. The van der Waals surface area contributed by atoms with Crippen molar-refractivity contribution >= 4 is 17.2 Å². The minimum absolute atomic E-state index is 0.113. The van der Waals surface area contributed by atoms with Gasteiger partial charge >= 0.3 is 0 Å². The average Bonchev–Trinajstić information content (AvgIpc) is 2.89. The van der Waals surface area contributed by atoms with E-state index in [9.17, 15) is 4.79 Å². The fraction of sp³-hybridized carbons (Fsp3) is 0.273. The van der Waals surface area contributed by atoms with E-state index >= 15 is 0 Å². The van der Waals surface area contributed by atoms with E-state index in [0.29, 0.717) is 12.3 Å². The van der Waals surface area contributed by atoms with E-state index in [4.69, 9.17) is 4.42 Å². The number of thiazole rings is 1. The van der Waals surface area contributed by atoms with Gasteiger partial charge in [0, 0.05) is 11.9 Å². The molecule has 0 saturated heterocycles. The van der Waals surface area contributed by atoms with Crippen LogP contribution in [0.4, 0.5) is 0 Å². The second-order valence-corrected chi connectivity index (χ2v) is 4.44. The minimum atomic E-state index is -0.113. The summed E-state index contributed by atoms with van der Waals surface area (Å²) in [5, 5.41) is 0. The number of hydrogen-bond donors (Lipinski definition) is 0. The van der Waals surface area contributed by atoms with Crippen LogP contribution in [0, 0.1) is 6.92 Å². The smallest absolute Gasteiger partial charge is 0.289 e. The Balaban J connectivity index is 2.07. The highest BCUT2D eigenvalue weighted by Gasteiger charge is 2.15. The van der Waals surface area contributed by atoms with E-state index in [0.717, 1.165) is 10.6 Å². The lowest BCUT2D eigenvalue weighted by Crippen LogP contribution is -2.25. The Kier molecular flexibility index (Phi) is 3.05. The van der Waals surface area contributed by atoms with Gasteiger partial charge in [-0.2, -0.15) is 0 Å². The van der Waals surface area contributed by atoms with Crippen LogP contribution in [0.5, 0.6) is 0 Å². The molecule has 0 aliphatic heterocycles. The van der Waals surface area contributed by atoms with Crippen LogP contribution in [0.15, 0.2) is 28.3 Å². The van der Waals surface area contributed by atoms with E-state index in [2.05, 4.69) is 4.98 Å². The molecule has 0 fully saturated rings. The summed E-state index contributed by atoms with van der Waals surface area (Å²) in [6.45, 7) is 2.51. The molecule has 16 heavy (non-hydrogen) atoms. The summed E-state index contributed by atoms with van der Waals surface area (Å²) in [6, 6.07) is 3.37. The van der Waals surface area contributed by atoms with Crippen LogP contribution < -0.4 is 0 Å². The molecule has 84 valence electrons. The van der Waals surface area contributed by atoms with Crippen molar-refractivity contribution in [1.82, 2.24) is 9.88 Å². The molecule has 0 saturated carbocycles. The molecule has 0 aromatic carbocycles. The van der Waals surface area contributed by atoms with Gasteiger partial charge < -0.3 is 9.32 Å². The molecular weight excluding hydrogens is 224 g/mol. The number of furan rings is 1. The molecule has 5 heteroatoms. The van der Waals surface area contributed by atoms with Crippen LogP contribution in [-0.4, -0.2) is 22.8 Å². The number of aryl methyl sites for hydroxylation is 1. The first-order chi connectivity index (χ1) is 7.68. The van der Waals surface area contributed by atoms with Gasteiger partial charge in [-0.25, -0.2) is 4.98 Å². The Morgan fingerprint density at radius 1 is 1.62 bits per heavy atom. The lowest BCUT2D eigenvalue weighted by molar-refractivity contribution is 0.0754. The zero-order valence-electron chi connectivity index (χ0n) is 9.14. The average molecular weight is 236 g/mol. The van der Waals surface area contributed by atoms with Crippen LogP contribution in [0.2, 0.25) is 0 Å². The van der Waals surface area contributed by atoms with Crippen molar-refractivity contribution in [2.45, 2.75) is 13.5 Å². The van der Waals surface area contributed by atoms with Crippen LogP contribution in [-0.2, 0) is 6.54 Å². The number of hydrogen-bond acceptors (Lipinski definition) is 4. The molecule has 2 rings (SSSR count). The maximum Gasteiger partial charge on any atom is 0.289 e. The number of amides is 1. The predicted octanol–water partition coefficient (Wildman–Crippen LogP) is 2.32. The van der Waals surface area contributed by atoms with E-state index in [1.807, 2.05) is 6.92 Å². The molecule has 4 nitrogen and oxygen atoms in total. The maximum absolute atomic E-state index is 11.9. The Labute approximate surface area is 97.5 Å². The number of nitrogens with zero attached hydrogens (tertiary/aromatic N) is 2. The molecule has 2 aromatic rings. The van der Waals surface area contributed by atoms with Gasteiger partial charge in [0.15, 0.2) is 5.76 Å². The van der Waals surface area contributed by atoms with Crippen molar-refractivity contribution in [1.29, 1.82) is 0 Å². The Morgan fingerprint density at radius 2 is 2.44 bits per heavy atom. The first-order valence-corrected chi connectivity index (χ1v) is 5.74. The molecule has 2 aromatic heterocycles. The molecule has 0 spiro atoms. The topological polar surface area (TPSA) is 46.3 Å². The molecule has 0 radical (unpaired) electrons. The highest BCUT2D eigenvalue weighted by molar-refractivity contribution is 7.09. The first-order valence-electron chi connectivity index (χ1n) is 4.86. The van der Waals surface area contributed by atoms with Gasteiger partial charge in [-0.05, 0) is 19.1 Å². The summed E-state index contributed by atoms with van der Waals surface area (Å²) >= 11 is 1.56. The second kappa shape index (κ2) is 4.49. The third-order valence-electron chi connectivity index (χ3n) is 2.30. The predicted molar refractivity (Wildman–Crippen MR) is 61.4 cm³/mol. The summed E-state index contributed by atoms with van der Waals surface area (Å²) in [5.41, 5.74) is 2.76. The Hall–Kier alpha value is -1.62. The third-order valence-corrected chi connectivity index (χ3v) is 3.22. The number of rotatable bonds is 3. The standard InChI is InChI=1S/C11H12N2O2S/c1-8-10(16-7-12-8)6-13(2)11(14)9-4-3-5-15-9/h3-5,7H,6H2,1-2H3. The molecule has 2 heterocycles. The van der Waals surface area contributed by atoms with Crippen LogP contribution in [0.1, 0.15) is 21.1 Å². The highest BCUT2D eigenvalue weighted by Crippen LogP contribution is 2.15. The van der Waals surface area contributed by atoms with Gasteiger partial charge in [-0.15, -0.1) is 11.3 Å². The second-order valence-electron chi connectivity index (χ2n) is 3.50. The van der Waals surface area contributed by atoms with Crippen LogP contribution >= 0.6 is 11.3 Å². The maximum atomic E-state index is 11.9. The molecule has 1 amide bonds. The van der Waals surface area contributed by atoms with E-state index in [1.165, 1.54) is 6.26 Å². The Bertz CT molecular complexity index is 476. The minimum Gasteiger partial charge on any atom is -0.459 e. The van der Waals surface area contributed by atoms with Crippen molar-refractivity contribution in [3.63, 3.8) is 0 Å². The van der Waals surface area contributed by atoms with Crippen molar-refractivity contribution in [2.75, 3.05) is 7.05 Å². The van der Waals surface area contributed by atoms with E-state index < -0.39 is 0 Å². The van der Waals surface area contributed by atoms with Gasteiger partial charge in [-0.1, -0.05) is 0 Å². The van der Waals surface area contributed by atoms with Gasteiger partial charge in [0.05, 0.1) is 24.0 Å². The molecule has 0 atom stereocenters. The summed E-state index contributed by atoms with van der Waals surface area (Å²) in [7, 11) is 1.75. The summed E-state index contributed by atoms with van der Waals surface area (Å²) < 4.78 is 5.06. The fourth-order valence-electron chi connectivity index (χ4n) is 1.35. The van der Waals surface area contributed by atoms with E-state index in [1.54, 1.807) is 40.9 Å². The normalized spacial score (nSPS) is 10.4. The SMILES string of the molecule is Cc1ncsc1CN(C)C(=O)c1ccco1. The largest absolute Gasteiger partial charge is 0.459 e. The summed E-state index contributed by atoms with van der Waals surface area (Å²) in [6.07, 6.45) is 1.50. The fourth-order valence-corrected chi connectivity index (χ4v) is 2.18. The first kappa shape index (κ1) is 10.9. The van der Waals surface area contributed by atoms with Crippen molar-refractivity contribution in [3.8, 4) is 0 Å².